The first-order valence-corrected chi connectivity index (χ1v) is 8.16. The Labute approximate surface area is 134 Å². The number of carbonyl (C=O) groups excluding carboxylic acids is 1. The second kappa shape index (κ2) is 4.74. The number of aliphatic hydroxyl groups excluding tert-OH is 1. The molecule has 0 atom stereocenters. The first-order valence-electron chi connectivity index (χ1n) is 7.78. The number of H-pyrrole nitrogens is 1. The van der Waals surface area contributed by atoms with Crippen molar-refractivity contribution in [3.63, 3.8) is 0 Å². The molecule has 4 nitrogen and oxygen atoms in total. The van der Waals surface area contributed by atoms with Crippen LogP contribution >= 0.6 is 11.6 Å². The van der Waals surface area contributed by atoms with Gasteiger partial charge in [0.05, 0.1) is 12.1 Å². The summed E-state index contributed by atoms with van der Waals surface area (Å²) in [5, 5.41) is 11.5. The van der Waals surface area contributed by atoms with Crippen LogP contribution in [0.5, 0.6) is 0 Å². The summed E-state index contributed by atoms with van der Waals surface area (Å²) in [7, 11) is 0. The molecule has 0 aliphatic carbocycles. The van der Waals surface area contributed by atoms with E-state index in [0.717, 1.165) is 42.1 Å². The highest BCUT2D eigenvalue weighted by molar-refractivity contribution is 6.31. The highest BCUT2D eigenvalue weighted by Crippen LogP contribution is 2.47. The Kier molecular flexibility index (Phi) is 3.03. The van der Waals surface area contributed by atoms with Gasteiger partial charge in [-0.1, -0.05) is 17.7 Å². The first kappa shape index (κ1) is 14.1. The van der Waals surface area contributed by atoms with Crippen LogP contribution in [0.25, 0.3) is 10.9 Å². The number of nitrogens with one attached hydrogen (secondary N) is 1. The Morgan fingerprint density at radius 3 is 2.86 bits per heavy atom. The van der Waals surface area contributed by atoms with Crippen LogP contribution < -0.4 is 0 Å². The van der Waals surface area contributed by atoms with Crippen molar-refractivity contribution in [3.8, 4) is 0 Å². The van der Waals surface area contributed by atoms with E-state index in [1.165, 1.54) is 0 Å². The molecule has 1 amide bonds. The summed E-state index contributed by atoms with van der Waals surface area (Å²) >= 11 is 6.04. The zero-order valence-electron chi connectivity index (χ0n) is 12.5. The van der Waals surface area contributed by atoms with Crippen LogP contribution in [0.3, 0.4) is 0 Å². The van der Waals surface area contributed by atoms with Crippen molar-refractivity contribution < 1.29 is 9.90 Å². The number of amides is 1. The van der Waals surface area contributed by atoms with Crippen LogP contribution in [0.4, 0.5) is 0 Å². The van der Waals surface area contributed by atoms with E-state index in [4.69, 9.17) is 11.6 Å². The maximum absolute atomic E-state index is 13.1. The molecule has 2 aromatic rings. The number of aromatic amines is 1. The third-order valence-electron chi connectivity index (χ3n) is 5.51. The summed E-state index contributed by atoms with van der Waals surface area (Å²) in [5.74, 6) is 0.0128. The smallest absolute Gasteiger partial charge is 0.271 e. The highest BCUT2D eigenvalue weighted by Gasteiger charge is 2.53. The predicted molar refractivity (Wildman–Crippen MR) is 86.3 cm³/mol. The molecule has 2 fully saturated rings. The summed E-state index contributed by atoms with van der Waals surface area (Å²) in [6, 6.07) is 5.91. The number of aliphatic hydroxyl groups is 1. The fraction of sp³-hybridized carbons (Fsp3) is 0.471. The molecule has 0 unspecified atom stereocenters. The van der Waals surface area contributed by atoms with Crippen molar-refractivity contribution in [2.75, 3.05) is 6.61 Å². The van der Waals surface area contributed by atoms with E-state index in [1.807, 2.05) is 30.0 Å². The molecule has 2 N–H and O–H groups in total. The Hall–Kier alpha value is -1.52. The van der Waals surface area contributed by atoms with Crippen LogP contribution in [0.1, 0.15) is 41.7 Å². The van der Waals surface area contributed by atoms with Crippen LogP contribution in [-0.4, -0.2) is 39.1 Å². The number of fused-ring (bicyclic) bond motifs is 3. The summed E-state index contributed by atoms with van der Waals surface area (Å²) in [4.78, 5) is 18.3. The molecule has 0 saturated carbocycles. The van der Waals surface area contributed by atoms with Gasteiger partial charge < -0.3 is 15.0 Å². The van der Waals surface area contributed by atoms with Crippen molar-refractivity contribution in [1.29, 1.82) is 0 Å². The van der Waals surface area contributed by atoms with Crippen molar-refractivity contribution in [2.24, 2.45) is 0 Å². The van der Waals surface area contributed by atoms with Crippen molar-refractivity contribution >= 4 is 28.4 Å². The second-order valence-corrected chi connectivity index (χ2v) is 7.04. The van der Waals surface area contributed by atoms with Gasteiger partial charge in [0.1, 0.15) is 5.69 Å². The molecular weight excluding hydrogens is 300 g/mol. The van der Waals surface area contributed by atoms with E-state index < -0.39 is 0 Å². The van der Waals surface area contributed by atoms with Gasteiger partial charge in [0.25, 0.3) is 5.91 Å². The lowest BCUT2D eigenvalue weighted by molar-refractivity contribution is 0.0463. The Balaban J connectivity index is 1.79. The molecule has 3 heterocycles. The van der Waals surface area contributed by atoms with Gasteiger partial charge in [-0.05, 0) is 50.3 Å². The minimum absolute atomic E-state index is 0.0128. The van der Waals surface area contributed by atoms with Crippen molar-refractivity contribution in [3.05, 3.63) is 34.5 Å². The molecule has 116 valence electrons. The molecule has 22 heavy (non-hydrogen) atoms. The lowest BCUT2D eigenvalue weighted by Crippen LogP contribution is -2.48. The second-order valence-electron chi connectivity index (χ2n) is 6.60. The lowest BCUT2D eigenvalue weighted by atomic mass is 9.88. The van der Waals surface area contributed by atoms with Crippen molar-refractivity contribution in [1.82, 2.24) is 9.88 Å². The number of aryl methyl sites for hydroxylation is 1. The maximum Gasteiger partial charge on any atom is 0.271 e. The van der Waals surface area contributed by atoms with Gasteiger partial charge in [-0.2, -0.15) is 0 Å². The number of hydrogen-bond acceptors (Lipinski definition) is 2. The lowest BCUT2D eigenvalue weighted by Gasteiger charge is -2.33. The molecule has 2 saturated heterocycles. The third-order valence-corrected chi connectivity index (χ3v) is 5.74. The molecule has 4 rings (SSSR count). The van der Waals surface area contributed by atoms with Crippen molar-refractivity contribution in [2.45, 2.75) is 44.2 Å². The average Bonchev–Trinajstić information content (AvgIpc) is 3.16. The number of aromatic nitrogens is 1. The van der Waals surface area contributed by atoms with Crippen LogP contribution in [0.2, 0.25) is 5.02 Å². The largest absolute Gasteiger partial charge is 0.394 e. The summed E-state index contributed by atoms with van der Waals surface area (Å²) in [6.07, 6.45) is 3.81. The van der Waals surface area contributed by atoms with Gasteiger partial charge in [0, 0.05) is 22.0 Å². The quantitative estimate of drug-likeness (QED) is 0.893. The predicted octanol–water partition coefficient (Wildman–Crippen LogP) is 3.26. The standard InChI is InChI=1S/C17H19ClN2O2/c1-10-13-3-2-11(18)8-14(13)19-15(10)16(22)20-12-4-6-17(20,9-21)7-5-12/h2-3,8,12,19,21H,4-7,9H2,1H3. The molecule has 2 bridgehead atoms. The fourth-order valence-corrected chi connectivity index (χ4v) is 4.46. The molecule has 0 spiro atoms. The zero-order chi connectivity index (χ0) is 15.5. The van der Waals surface area contributed by atoms with Gasteiger partial charge in [-0.25, -0.2) is 0 Å². The zero-order valence-corrected chi connectivity index (χ0v) is 13.3. The number of hydrogen-bond donors (Lipinski definition) is 2. The van der Waals surface area contributed by atoms with E-state index in [2.05, 4.69) is 4.98 Å². The molecule has 5 heteroatoms. The number of benzene rings is 1. The Morgan fingerprint density at radius 2 is 2.18 bits per heavy atom. The summed E-state index contributed by atoms with van der Waals surface area (Å²) in [5.41, 5.74) is 2.13. The Morgan fingerprint density at radius 1 is 1.45 bits per heavy atom. The minimum atomic E-state index is -0.344. The number of rotatable bonds is 2. The van der Waals surface area contributed by atoms with E-state index in [1.54, 1.807) is 0 Å². The van der Waals surface area contributed by atoms with E-state index in [0.29, 0.717) is 10.7 Å². The SMILES string of the molecule is Cc1c(C(=O)N2C3CCC2(CO)CC3)[nH]c2cc(Cl)ccc12. The number of nitrogens with zero attached hydrogens (tertiary/aromatic N) is 1. The van der Waals surface area contributed by atoms with Crippen LogP contribution in [0.15, 0.2) is 18.2 Å². The van der Waals surface area contributed by atoms with Gasteiger partial charge in [-0.15, -0.1) is 0 Å². The summed E-state index contributed by atoms with van der Waals surface area (Å²) in [6.45, 7) is 2.02. The topological polar surface area (TPSA) is 56.3 Å². The fourth-order valence-electron chi connectivity index (χ4n) is 4.29. The van der Waals surface area contributed by atoms with Gasteiger partial charge in [0.15, 0.2) is 0 Å². The molecule has 2 aliphatic rings. The van der Waals surface area contributed by atoms with Gasteiger partial charge in [0.2, 0.25) is 0 Å². The number of carbonyl (C=O) groups is 1. The van der Waals surface area contributed by atoms with Crippen LogP contribution in [0, 0.1) is 6.92 Å². The molecular formula is C17H19ClN2O2. The normalized spacial score (nSPS) is 27.0. The molecule has 2 aliphatic heterocycles. The third kappa shape index (κ3) is 1.77. The minimum Gasteiger partial charge on any atom is -0.394 e. The average molecular weight is 319 g/mol. The highest BCUT2D eigenvalue weighted by atomic mass is 35.5. The van der Waals surface area contributed by atoms with E-state index >= 15 is 0 Å². The number of halogens is 1. The molecule has 1 aromatic carbocycles. The van der Waals surface area contributed by atoms with Gasteiger partial charge in [-0.3, -0.25) is 4.79 Å². The van der Waals surface area contributed by atoms with E-state index in [-0.39, 0.29) is 24.1 Å². The first-order chi connectivity index (χ1) is 10.6. The maximum atomic E-state index is 13.1. The monoisotopic (exact) mass is 318 g/mol. The van der Waals surface area contributed by atoms with Crippen LogP contribution in [-0.2, 0) is 0 Å². The van der Waals surface area contributed by atoms with Gasteiger partial charge >= 0.3 is 0 Å². The molecule has 1 aromatic heterocycles. The molecule has 0 radical (unpaired) electrons. The van der Waals surface area contributed by atoms with E-state index in [9.17, 15) is 9.90 Å². The summed E-state index contributed by atoms with van der Waals surface area (Å²) < 4.78 is 0. The Bertz CT molecular complexity index is 759.